The Balaban J connectivity index is 0.00000272. The molecule has 1 aromatic heterocycles. The number of aromatic nitrogens is 2. The van der Waals surface area contributed by atoms with Crippen LogP contribution in [0.1, 0.15) is 11.1 Å². The zero-order chi connectivity index (χ0) is 20.8. The van der Waals surface area contributed by atoms with Crippen LogP contribution in [0.25, 0.3) is 5.69 Å². The van der Waals surface area contributed by atoms with Gasteiger partial charge in [-0.2, -0.15) is 5.10 Å². The van der Waals surface area contributed by atoms with Crippen molar-refractivity contribution < 1.29 is 0 Å². The molecule has 2 aromatic carbocycles. The molecular weight excluding hydrogens is 499 g/mol. The second kappa shape index (κ2) is 11.0. The molecule has 1 aliphatic heterocycles. The van der Waals surface area contributed by atoms with E-state index in [9.17, 15) is 0 Å². The van der Waals surface area contributed by atoms with Crippen LogP contribution in [0, 0.1) is 0 Å². The monoisotopic (exact) mass is 528 g/mol. The van der Waals surface area contributed by atoms with Gasteiger partial charge < -0.3 is 15.1 Å². The van der Waals surface area contributed by atoms with E-state index in [1.54, 1.807) is 0 Å². The summed E-state index contributed by atoms with van der Waals surface area (Å²) in [5.74, 6) is 0.857. The number of aliphatic imine (C=N–C) groups is 1. The molecule has 0 fully saturated rings. The van der Waals surface area contributed by atoms with Crippen molar-refractivity contribution in [2.75, 3.05) is 32.1 Å². The maximum absolute atomic E-state index is 4.49. The molecule has 162 valence electrons. The molecular formula is C24H29IN6. The lowest BCUT2D eigenvalue weighted by Gasteiger charge is -2.22. The fraction of sp³-hybridized carbons (Fsp3) is 0.250. The molecule has 1 N–H and O–H groups in total. The van der Waals surface area contributed by atoms with Gasteiger partial charge in [0.1, 0.15) is 0 Å². The van der Waals surface area contributed by atoms with Crippen LogP contribution in [0.3, 0.4) is 0 Å². The zero-order valence-corrected chi connectivity index (χ0v) is 20.3. The SMILES string of the molecule is CN=C(NCc1cccc(N2CC=CC2)c1)N(C)Cc1cnn(-c2ccccc2)c1.I. The molecule has 2 heterocycles. The van der Waals surface area contributed by atoms with Gasteiger partial charge in [-0.25, -0.2) is 4.68 Å². The maximum atomic E-state index is 4.49. The molecule has 0 atom stereocenters. The predicted molar refractivity (Wildman–Crippen MR) is 138 cm³/mol. The van der Waals surface area contributed by atoms with Gasteiger partial charge in [0.25, 0.3) is 0 Å². The summed E-state index contributed by atoms with van der Waals surface area (Å²) in [6.07, 6.45) is 8.39. The number of nitrogens with zero attached hydrogens (tertiary/aromatic N) is 5. The number of anilines is 1. The Morgan fingerprint density at radius 2 is 1.77 bits per heavy atom. The van der Waals surface area contributed by atoms with Crippen LogP contribution in [-0.4, -0.2) is 47.8 Å². The summed E-state index contributed by atoms with van der Waals surface area (Å²) in [6, 6.07) is 18.8. The lowest BCUT2D eigenvalue weighted by atomic mass is 10.2. The average molecular weight is 528 g/mol. The van der Waals surface area contributed by atoms with E-state index >= 15 is 0 Å². The van der Waals surface area contributed by atoms with Crippen LogP contribution in [0.2, 0.25) is 0 Å². The smallest absolute Gasteiger partial charge is 0.193 e. The number of halogens is 1. The molecule has 0 aliphatic carbocycles. The Kier molecular flexibility index (Phi) is 8.11. The molecule has 0 saturated carbocycles. The highest BCUT2D eigenvalue weighted by Crippen LogP contribution is 2.18. The first-order chi connectivity index (χ1) is 14.7. The number of guanidine groups is 1. The zero-order valence-electron chi connectivity index (χ0n) is 18.0. The van der Waals surface area contributed by atoms with Crippen molar-refractivity contribution in [3.63, 3.8) is 0 Å². The first kappa shape index (κ1) is 22.9. The minimum absolute atomic E-state index is 0. The highest BCUT2D eigenvalue weighted by molar-refractivity contribution is 14.0. The summed E-state index contributed by atoms with van der Waals surface area (Å²) in [4.78, 5) is 8.92. The summed E-state index contributed by atoms with van der Waals surface area (Å²) < 4.78 is 1.90. The molecule has 0 spiro atoms. The van der Waals surface area contributed by atoms with Crippen molar-refractivity contribution in [3.8, 4) is 5.69 Å². The second-order valence-corrected chi connectivity index (χ2v) is 7.43. The Hall–Kier alpha value is -2.81. The third-order valence-corrected chi connectivity index (χ3v) is 5.19. The maximum Gasteiger partial charge on any atom is 0.193 e. The fourth-order valence-electron chi connectivity index (χ4n) is 3.63. The van der Waals surface area contributed by atoms with Gasteiger partial charge in [0.05, 0.1) is 11.9 Å². The van der Waals surface area contributed by atoms with Crippen LogP contribution >= 0.6 is 24.0 Å². The van der Waals surface area contributed by atoms with Crippen molar-refractivity contribution in [2.24, 2.45) is 4.99 Å². The number of benzene rings is 2. The fourth-order valence-corrected chi connectivity index (χ4v) is 3.63. The minimum Gasteiger partial charge on any atom is -0.364 e. The molecule has 4 rings (SSSR count). The Morgan fingerprint density at radius 3 is 2.52 bits per heavy atom. The number of nitrogens with one attached hydrogen (secondary N) is 1. The van der Waals surface area contributed by atoms with Crippen molar-refractivity contribution in [3.05, 3.63) is 90.3 Å². The highest BCUT2D eigenvalue weighted by Gasteiger charge is 2.11. The van der Waals surface area contributed by atoms with Crippen LogP contribution in [0.4, 0.5) is 5.69 Å². The van der Waals surface area contributed by atoms with Gasteiger partial charge in [0.2, 0.25) is 0 Å². The standard InChI is InChI=1S/C24H28N6.HI/c1-25-24(26-16-20-9-8-12-23(15-20)29-13-6-7-14-29)28(2)18-21-17-27-30(19-21)22-10-4-3-5-11-22;/h3-12,15,17,19H,13-14,16,18H2,1-2H3,(H,25,26);1H. The first-order valence-electron chi connectivity index (χ1n) is 10.2. The number of rotatable bonds is 6. The normalized spacial score (nSPS) is 13.2. The predicted octanol–water partition coefficient (Wildman–Crippen LogP) is 4.07. The van der Waals surface area contributed by atoms with Gasteiger partial charge in [-0.15, -0.1) is 24.0 Å². The van der Waals surface area contributed by atoms with E-state index in [4.69, 9.17) is 0 Å². The summed E-state index contributed by atoms with van der Waals surface area (Å²) in [5.41, 5.74) is 4.69. The molecule has 7 heteroatoms. The molecule has 0 amide bonds. The molecule has 0 unspecified atom stereocenters. The molecule has 31 heavy (non-hydrogen) atoms. The lowest BCUT2D eigenvalue weighted by molar-refractivity contribution is 0.476. The quantitative estimate of drug-likeness (QED) is 0.227. The third-order valence-electron chi connectivity index (χ3n) is 5.19. The minimum atomic E-state index is 0. The van der Waals surface area contributed by atoms with Gasteiger partial charge in [0, 0.05) is 57.7 Å². The summed E-state index contributed by atoms with van der Waals surface area (Å²) >= 11 is 0. The Morgan fingerprint density at radius 1 is 1.03 bits per heavy atom. The van der Waals surface area contributed by atoms with Crippen LogP contribution in [-0.2, 0) is 13.1 Å². The number of hydrogen-bond acceptors (Lipinski definition) is 3. The second-order valence-electron chi connectivity index (χ2n) is 7.43. The lowest BCUT2D eigenvalue weighted by Crippen LogP contribution is -2.38. The van der Waals surface area contributed by atoms with Crippen molar-refractivity contribution in [2.45, 2.75) is 13.1 Å². The topological polar surface area (TPSA) is 48.7 Å². The van der Waals surface area contributed by atoms with Gasteiger partial charge in [-0.1, -0.05) is 42.5 Å². The number of para-hydroxylation sites is 1. The molecule has 0 saturated heterocycles. The summed E-state index contributed by atoms with van der Waals surface area (Å²) in [6.45, 7) is 3.43. The van der Waals surface area contributed by atoms with Crippen molar-refractivity contribution in [1.29, 1.82) is 0 Å². The van der Waals surface area contributed by atoms with Crippen molar-refractivity contribution in [1.82, 2.24) is 20.0 Å². The average Bonchev–Trinajstić information content (AvgIpc) is 3.48. The van der Waals surface area contributed by atoms with Crippen LogP contribution in [0.5, 0.6) is 0 Å². The third kappa shape index (κ3) is 5.88. The highest BCUT2D eigenvalue weighted by atomic mass is 127. The van der Waals surface area contributed by atoms with Gasteiger partial charge >= 0.3 is 0 Å². The van der Waals surface area contributed by atoms with Gasteiger partial charge in [0.15, 0.2) is 5.96 Å². The van der Waals surface area contributed by atoms with E-state index in [2.05, 4.69) is 67.8 Å². The summed E-state index contributed by atoms with van der Waals surface area (Å²) in [7, 11) is 3.86. The van der Waals surface area contributed by atoms with Gasteiger partial charge in [-0.3, -0.25) is 4.99 Å². The molecule has 6 nitrogen and oxygen atoms in total. The molecule has 0 bridgehead atoms. The summed E-state index contributed by atoms with van der Waals surface area (Å²) in [5, 5.41) is 7.96. The van der Waals surface area contributed by atoms with E-state index in [1.165, 1.54) is 11.3 Å². The van der Waals surface area contributed by atoms with Gasteiger partial charge in [-0.05, 0) is 29.8 Å². The number of hydrogen-bond donors (Lipinski definition) is 1. The largest absolute Gasteiger partial charge is 0.364 e. The molecule has 3 aromatic rings. The van der Waals surface area contributed by atoms with Crippen LogP contribution in [0.15, 0.2) is 84.1 Å². The Bertz CT molecular complexity index is 1020. The van der Waals surface area contributed by atoms with E-state index < -0.39 is 0 Å². The molecule has 0 radical (unpaired) electrons. The van der Waals surface area contributed by atoms with Crippen molar-refractivity contribution >= 4 is 35.6 Å². The van der Waals surface area contributed by atoms with E-state index in [-0.39, 0.29) is 24.0 Å². The van der Waals surface area contributed by atoms with E-state index in [1.807, 2.05) is 55.3 Å². The molecule has 1 aliphatic rings. The first-order valence-corrected chi connectivity index (χ1v) is 10.2. The van der Waals surface area contributed by atoms with Crippen LogP contribution < -0.4 is 10.2 Å². The van der Waals surface area contributed by atoms with E-state index in [0.29, 0.717) is 0 Å². The van der Waals surface area contributed by atoms with E-state index in [0.717, 1.165) is 43.4 Å². The Labute approximate surface area is 201 Å².